The van der Waals surface area contributed by atoms with Gasteiger partial charge in [-0.05, 0) is 45.5 Å². The third kappa shape index (κ3) is 16.6. The van der Waals surface area contributed by atoms with Gasteiger partial charge in [0.05, 0.1) is 0 Å². The summed E-state index contributed by atoms with van der Waals surface area (Å²) >= 11 is 3.38. The maximum Gasteiger partial charge on any atom is 4.00 e. The fraction of sp³-hybridized carbons (Fsp3) is 0.108. The van der Waals surface area contributed by atoms with E-state index in [-0.39, 0.29) is 112 Å². The molecule has 0 atom stereocenters. The number of hydrogen-bond donors (Lipinski definition) is 0. The van der Waals surface area contributed by atoms with Gasteiger partial charge in [0.15, 0.2) is 0 Å². The average Bonchev–Trinajstić information content (AvgIpc) is 1.93. The molecule has 85 heavy (non-hydrogen) atoms. The second-order valence-corrected chi connectivity index (χ2v) is 35.7. The summed E-state index contributed by atoms with van der Waals surface area (Å²) in [6.45, 7) is 13.4. The Hall–Kier alpha value is -3.76. The van der Waals surface area contributed by atoms with Gasteiger partial charge in [-0.3, -0.25) is 0 Å². The molecule has 12 aromatic rings. The van der Waals surface area contributed by atoms with E-state index in [0.29, 0.717) is 0 Å². The van der Waals surface area contributed by atoms with Gasteiger partial charge >= 0.3 is 168 Å². The molecule has 0 aromatic heterocycles. The zero-order valence-electron chi connectivity index (χ0n) is 48.2. The Balaban J connectivity index is 0.000000223. The number of benzene rings is 10. The minimum atomic E-state index is -0.122. The van der Waals surface area contributed by atoms with Crippen molar-refractivity contribution in [1.82, 2.24) is 0 Å². The second-order valence-electron chi connectivity index (χ2n) is 21.0. The van der Waals surface area contributed by atoms with E-state index in [9.17, 15) is 0 Å². The number of allylic oxidation sites excluding steroid dienone is 2. The predicted molar refractivity (Wildman–Crippen MR) is 348 cm³/mol. The molecule has 0 saturated heterocycles. The van der Waals surface area contributed by atoms with E-state index in [1.165, 1.54) is 132 Å². The average molecular weight is 1490 g/mol. The van der Waals surface area contributed by atoms with E-state index in [0.717, 1.165) is 12.8 Å². The molecular weight excluding hydrogens is 1430 g/mol. The maximum atomic E-state index is 3.48. The van der Waals surface area contributed by atoms with Gasteiger partial charge in [0, 0.05) is 0 Å². The molecule has 0 N–H and O–H groups in total. The molecule has 0 bridgehead atoms. The minimum absolute atomic E-state index is 0. The zero-order valence-corrected chi connectivity index (χ0v) is 62.2. The third-order valence-electron chi connectivity index (χ3n) is 15.1. The van der Waals surface area contributed by atoms with Gasteiger partial charge in [-0.1, -0.05) is 146 Å². The van der Waals surface area contributed by atoms with E-state index in [1.807, 2.05) is 0 Å². The molecule has 16 rings (SSSR count). The molecule has 420 valence electrons. The van der Waals surface area contributed by atoms with E-state index in [2.05, 4.69) is 283 Å². The summed E-state index contributed by atoms with van der Waals surface area (Å²) in [6.07, 6.45) is 6.69. The summed E-state index contributed by atoms with van der Waals surface area (Å²) in [7, 11) is 0. The van der Waals surface area contributed by atoms with Crippen LogP contribution in [0.1, 0.15) is 47.2 Å². The molecule has 0 spiro atoms. The van der Waals surface area contributed by atoms with Gasteiger partial charge in [0.1, 0.15) is 0 Å². The van der Waals surface area contributed by atoms with Crippen LogP contribution in [0.15, 0.2) is 230 Å². The van der Waals surface area contributed by atoms with Crippen molar-refractivity contribution in [2.45, 2.75) is 53.6 Å². The molecule has 0 heterocycles. The number of rotatable bonds is 2. The van der Waals surface area contributed by atoms with Gasteiger partial charge in [-0.15, -0.1) is 176 Å². The Kier molecular flexibility index (Phi) is 29.2. The predicted octanol–water partition coefficient (Wildman–Crippen LogP) is 7.21. The maximum absolute atomic E-state index is 3.48. The van der Waals surface area contributed by atoms with Gasteiger partial charge in [0.25, 0.3) is 0 Å². The smallest absolute Gasteiger partial charge is 1.00 e. The molecule has 4 aliphatic carbocycles. The Morgan fingerprint density at radius 2 is 0.706 bits per heavy atom. The van der Waals surface area contributed by atoms with Crippen LogP contribution in [0.25, 0.3) is 99.7 Å². The van der Waals surface area contributed by atoms with Crippen LogP contribution < -0.4 is 60.0 Å². The fourth-order valence-electron chi connectivity index (χ4n) is 11.6. The van der Waals surface area contributed by atoms with Crippen LogP contribution in [0.4, 0.5) is 0 Å². The Morgan fingerprint density at radius 1 is 0.388 bits per heavy atom. The van der Waals surface area contributed by atoms with Crippen LogP contribution in [0.3, 0.4) is 0 Å². The first-order chi connectivity index (χ1) is 38.0. The van der Waals surface area contributed by atoms with Gasteiger partial charge in [-0.25, -0.2) is 0 Å². The minimum Gasteiger partial charge on any atom is -1.00 e. The van der Waals surface area contributed by atoms with E-state index < -0.39 is 0 Å². The number of hydrogen-bond acceptors (Lipinski definition) is 0. The molecule has 0 unspecified atom stereocenters. The number of halogens is 6. The van der Waals surface area contributed by atoms with Crippen molar-refractivity contribution in [2.24, 2.45) is 0 Å². The molecule has 0 fully saturated rings. The second kappa shape index (κ2) is 33.7. The topological polar surface area (TPSA) is 0 Å². The van der Waals surface area contributed by atoms with E-state index in [4.69, 9.17) is 0 Å². The van der Waals surface area contributed by atoms with Gasteiger partial charge in [0.2, 0.25) is 0 Å². The SMILES string of the molecule is CC1=Cc2[c-]cc3c(c2C1)-c1cccc2cccc-3c12.CC1=Cc2[c-]cc3c(c2C1)-c1cccc2cccc-3c12.C[Si](=[Zr+2])c1ccccc1.C[Si](=[Zr+2])c1ccccc1.Cc1cc2ccccc2[cH-]1.Cc1cc2ccccc2[cH-]1.Cl.Cl.[Cl-].[Cl-].[Cl-].[Cl-].[Zr+4]. The normalized spacial score (nSPS) is 11.2. The van der Waals surface area contributed by atoms with Gasteiger partial charge < -0.3 is 49.6 Å². The molecule has 11 heteroatoms. The molecular formula is C74H62Cl6Si2Zr3. The summed E-state index contributed by atoms with van der Waals surface area (Å²) in [5.41, 5.74) is 22.0. The summed E-state index contributed by atoms with van der Waals surface area (Å²) in [5, 5.41) is 14.0. The summed E-state index contributed by atoms with van der Waals surface area (Å²) < 4.78 is 0. The molecule has 4 aliphatic rings. The first kappa shape index (κ1) is 73.7. The van der Waals surface area contributed by atoms with Crippen molar-refractivity contribution in [3.05, 3.63) is 275 Å². The van der Waals surface area contributed by atoms with Crippen LogP contribution in [0.5, 0.6) is 0 Å². The van der Waals surface area contributed by atoms with Crippen LogP contribution >= 0.6 is 24.8 Å². The van der Waals surface area contributed by atoms with Crippen molar-refractivity contribution < 1.29 is 123 Å². The largest absolute Gasteiger partial charge is 4.00 e. The molecule has 0 amide bonds. The molecule has 12 aromatic carbocycles. The summed E-state index contributed by atoms with van der Waals surface area (Å²) in [6, 6.07) is 85.0. The molecule has 0 saturated carbocycles. The van der Waals surface area contributed by atoms with E-state index >= 15 is 0 Å². The zero-order chi connectivity index (χ0) is 53.9. The standard InChI is InChI=1S/2C20H13.2C10H9.2C7H8Si.6ClH.3Zr/c2*1-12-10-14-8-9-16-15-6-2-4-13-5-3-7-17(19(13)15)20(16)18(14)11-12;2*1-8-6-9-4-2-3-5-10(9)7-8;2*1-8-7-5-3-2-4-6-7;;;;;;;;;/h2*2-7,9-10H,11H2,1H3;2*2-7H,1H3;2*2-6H,1H3;6*1H;;;/q4*-1;;;;;;;;;2*+2;+4/p-4. The summed E-state index contributed by atoms with van der Waals surface area (Å²) in [4.78, 5) is 0. The van der Waals surface area contributed by atoms with E-state index in [1.54, 1.807) is 57.0 Å². The van der Waals surface area contributed by atoms with Crippen molar-refractivity contribution >= 4 is 101 Å². The monoisotopic (exact) mass is 1490 g/mol. The number of fused-ring (bicyclic) bond motifs is 12. The Labute approximate surface area is 589 Å². The van der Waals surface area contributed by atoms with Crippen molar-refractivity contribution in [3.63, 3.8) is 0 Å². The Morgan fingerprint density at radius 3 is 1.04 bits per heavy atom. The van der Waals surface area contributed by atoms with Crippen LogP contribution in [-0.4, -0.2) is 10.9 Å². The van der Waals surface area contributed by atoms with Crippen LogP contribution in [0, 0.1) is 26.0 Å². The quantitative estimate of drug-likeness (QED) is 0.127. The van der Waals surface area contributed by atoms with Crippen LogP contribution in [-0.2, 0) is 85.7 Å². The first-order valence-electron chi connectivity index (χ1n) is 27.0. The van der Waals surface area contributed by atoms with Crippen molar-refractivity contribution in [3.8, 4) is 44.5 Å². The van der Waals surface area contributed by atoms with Gasteiger partial charge in [-0.2, -0.15) is 12.1 Å². The number of aryl methyl sites for hydroxylation is 2. The van der Waals surface area contributed by atoms with Crippen molar-refractivity contribution in [1.29, 1.82) is 0 Å². The Bertz CT molecular complexity index is 3980. The molecule has 0 nitrogen and oxygen atoms in total. The summed E-state index contributed by atoms with van der Waals surface area (Å²) in [5.74, 6) is 0. The van der Waals surface area contributed by atoms with Crippen molar-refractivity contribution in [2.75, 3.05) is 0 Å². The molecule has 0 radical (unpaired) electrons. The van der Waals surface area contributed by atoms with Crippen LogP contribution in [0.2, 0.25) is 13.1 Å². The third-order valence-corrected chi connectivity index (χ3v) is 21.8. The molecule has 0 aliphatic heterocycles. The first-order valence-corrected chi connectivity index (χ1v) is 38.4. The fourth-order valence-corrected chi connectivity index (χ4v) is 15.4.